The van der Waals surface area contributed by atoms with Crippen molar-refractivity contribution in [3.63, 3.8) is 0 Å². The van der Waals surface area contributed by atoms with Gasteiger partial charge in [0.05, 0.1) is 29.5 Å². The van der Waals surface area contributed by atoms with Crippen LogP contribution >= 0.6 is 0 Å². The second kappa shape index (κ2) is 8.57. The van der Waals surface area contributed by atoms with Gasteiger partial charge in [-0.3, -0.25) is 14.6 Å². The zero-order valence-electron chi connectivity index (χ0n) is 19.2. The summed E-state index contributed by atoms with van der Waals surface area (Å²) in [6, 6.07) is 17.0. The highest BCUT2D eigenvalue weighted by Crippen LogP contribution is 2.39. The van der Waals surface area contributed by atoms with Crippen molar-refractivity contribution in [2.45, 2.75) is 38.3 Å². The number of alkyl halides is 2. The van der Waals surface area contributed by atoms with Crippen molar-refractivity contribution < 1.29 is 18.4 Å². The molecule has 0 saturated carbocycles. The molecule has 178 valence electrons. The van der Waals surface area contributed by atoms with Crippen LogP contribution in [0.4, 0.5) is 14.5 Å². The third-order valence-corrected chi connectivity index (χ3v) is 6.13. The number of carbonyl (C=O) groups excluding carboxylic acids is 2. The molecule has 1 fully saturated rings. The van der Waals surface area contributed by atoms with Gasteiger partial charge in [-0.2, -0.15) is 13.9 Å². The van der Waals surface area contributed by atoms with E-state index in [9.17, 15) is 18.4 Å². The van der Waals surface area contributed by atoms with Crippen LogP contribution in [0, 0.1) is 6.92 Å². The molecule has 5 rings (SSSR count). The molecule has 0 radical (unpaired) electrons. The van der Waals surface area contributed by atoms with E-state index in [0.29, 0.717) is 12.6 Å². The third-order valence-electron chi connectivity index (χ3n) is 6.13. The molecular weight excluding hydrogens is 452 g/mol. The summed E-state index contributed by atoms with van der Waals surface area (Å²) >= 11 is 0. The summed E-state index contributed by atoms with van der Waals surface area (Å²) in [5.74, 6) is -5.21. The molecule has 0 spiro atoms. The van der Waals surface area contributed by atoms with Gasteiger partial charge in [0.15, 0.2) is 0 Å². The van der Waals surface area contributed by atoms with E-state index in [1.807, 2.05) is 61.5 Å². The third kappa shape index (κ3) is 4.25. The quantitative estimate of drug-likeness (QED) is 0.466. The Morgan fingerprint density at radius 2 is 1.86 bits per heavy atom. The molecule has 2 aromatic carbocycles. The van der Waals surface area contributed by atoms with Crippen LogP contribution in [-0.4, -0.2) is 38.5 Å². The average molecular weight is 475 g/mol. The molecule has 1 aliphatic heterocycles. The molecule has 2 unspecified atom stereocenters. The summed E-state index contributed by atoms with van der Waals surface area (Å²) in [6.07, 6.45) is 3.34. The van der Waals surface area contributed by atoms with E-state index in [1.165, 1.54) is 0 Å². The molecule has 9 heteroatoms. The molecule has 2 amide bonds. The highest BCUT2D eigenvalue weighted by atomic mass is 19.3. The number of amides is 2. The van der Waals surface area contributed by atoms with Crippen LogP contribution in [0.3, 0.4) is 0 Å². The lowest BCUT2D eigenvalue weighted by Crippen LogP contribution is -2.46. The molecule has 2 aromatic heterocycles. The SMILES string of the molecule is Cc1cc(-n2ncc3cc(N4C(=O)CC(NC(=O)C(C)(F)F)C4c4ccccc4)ccc32)ccn1. The van der Waals surface area contributed by atoms with Crippen molar-refractivity contribution in [3.05, 3.63) is 84.3 Å². The van der Waals surface area contributed by atoms with Gasteiger partial charge in [-0.25, -0.2) is 4.68 Å². The van der Waals surface area contributed by atoms with E-state index >= 15 is 0 Å². The minimum absolute atomic E-state index is 0.0883. The average Bonchev–Trinajstić information content (AvgIpc) is 3.39. The number of hydrogen-bond acceptors (Lipinski definition) is 4. The van der Waals surface area contributed by atoms with Crippen molar-refractivity contribution in [2.24, 2.45) is 0 Å². The van der Waals surface area contributed by atoms with E-state index in [2.05, 4.69) is 15.4 Å². The standard InChI is InChI=1S/C26H23F2N5O2/c1-16-12-20(10-11-29-16)33-22-9-8-19(13-18(22)15-30-33)32-23(34)14-21(31-25(35)26(2,27)28)24(32)17-6-4-3-5-7-17/h3-13,15,21,24H,14H2,1-2H3,(H,31,35). The Balaban J connectivity index is 1.54. The molecule has 0 aliphatic carbocycles. The van der Waals surface area contributed by atoms with Gasteiger partial charge >= 0.3 is 5.92 Å². The normalized spacial score (nSPS) is 18.3. The summed E-state index contributed by atoms with van der Waals surface area (Å²) in [5, 5.41) is 7.70. The number of halogens is 2. The maximum absolute atomic E-state index is 13.6. The fraction of sp³-hybridized carbons (Fsp3) is 0.231. The highest BCUT2D eigenvalue weighted by molar-refractivity contribution is 6.00. The lowest BCUT2D eigenvalue weighted by Gasteiger charge is -2.29. The van der Waals surface area contributed by atoms with Crippen LogP contribution in [-0.2, 0) is 9.59 Å². The van der Waals surface area contributed by atoms with Gasteiger partial charge in [0, 0.05) is 36.3 Å². The molecule has 0 bridgehead atoms. The first-order valence-electron chi connectivity index (χ1n) is 11.2. The summed E-state index contributed by atoms with van der Waals surface area (Å²) in [7, 11) is 0. The summed E-state index contributed by atoms with van der Waals surface area (Å²) < 4.78 is 29.1. The van der Waals surface area contributed by atoms with Gasteiger partial charge < -0.3 is 10.2 Å². The van der Waals surface area contributed by atoms with Crippen molar-refractivity contribution in [3.8, 4) is 5.69 Å². The lowest BCUT2D eigenvalue weighted by molar-refractivity contribution is -0.143. The van der Waals surface area contributed by atoms with Gasteiger partial charge in [-0.15, -0.1) is 0 Å². The van der Waals surface area contributed by atoms with Crippen LogP contribution < -0.4 is 10.2 Å². The number of aryl methyl sites for hydroxylation is 1. The molecule has 4 aromatic rings. The summed E-state index contributed by atoms with van der Waals surface area (Å²) in [4.78, 5) is 31.0. The fourth-order valence-corrected chi connectivity index (χ4v) is 4.53. The number of nitrogens with zero attached hydrogens (tertiary/aromatic N) is 4. The van der Waals surface area contributed by atoms with Gasteiger partial charge in [-0.05, 0) is 42.8 Å². The number of carbonyl (C=O) groups is 2. The Bertz CT molecular complexity index is 1410. The monoisotopic (exact) mass is 475 g/mol. The van der Waals surface area contributed by atoms with Crippen LogP contribution in [0.1, 0.15) is 30.6 Å². The van der Waals surface area contributed by atoms with Gasteiger partial charge in [0.25, 0.3) is 5.91 Å². The van der Waals surface area contributed by atoms with Crippen LogP contribution in [0.2, 0.25) is 0 Å². The van der Waals surface area contributed by atoms with Crippen molar-refractivity contribution in [1.29, 1.82) is 0 Å². The highest BCUT2D eigenvalue weighted by Gasteiger charge is 2.45. The number of anilines is 1. The number of aromatic nitrogens is 3. The molecule has 3 heterocycles. The predicted molar refractivity (Wildman–Crippen MR) is 127 cm³/mol. The number of hydrogen-bond donors (Lipinski definition) is 1. The molecule has 2 atom stereocenters. The van der Waals surface area contributed by atoms with Crippen molar-refractivity contribution in [2.75, 3.05) is 4.90 Å². The number of rotatable bonds is 5. The van der Waals surface area contributed by atoms with Crippen molar-refractivity contribution >= 4 is 28.4 Å². The van der Waals surface area contributed by atoms with Crippen LogP contribution in [0.5, 0.6) is 0 Å². The molecule has 1 N–H and O–H groups in total. The number of benzene rings is 2. The molecule has 7 nitrogen and oxygen atoms in total. The summed E-state index contributed by atoms with van der Waals surface area (Å²) in [6.45, 7) is 2.45. The maximum atomic E-state index is 13.6. The number of nitrogens with one attached hydrogen (secondary N) is 1. The zero-order valence-corrected chi connectivity index (χ0v) is 19.2. The van der Waals surface area contributed by atoms with E-state index in [-0.39, 0.29) is 12.3 Å². The largest absolute Gasteiger partial charge is 0.345 e. The smallest absolute Gasteiger partial charge is 0.321 e. The first kappa shape index (κ1) is 22.6. The van der Waals surface area contributed by atoms with Gasteiger partial charge in [0.1, 0.15) is 0 Å². The van der Waals surface area contributed by atoms with E-state index in [4.69, 9.17) is 0 Å². The Kier molecular flexibility index (Phi) is 5.55. The topological polar surface area (TPSA) is 80.1 Å². The molecule has 1 aliphatic rings. The fourth-order valence-electron chi connectivity index (χ4n) is 4.53. The minimum atomic E-state index is -3.55. The van der Waals surface area contributed by atoms with Crippen LogP contribution in [0.25, 0.3) is 16.6 Å². The Morgan fingerprint density at radius 3 is 2.57 bits per heavy atom. The minimum Gasteiger partial charge on any atom is -0.345 e. The Labute approximate surface area is 200 Å². The maximum Gasteiger partial charge on any atom is 0.321 e. The predicted octanol–water partition coefficient (Wildman–Crippen LogP) is 4.35. The van der Waals surface area contributed by atoms with E-state index in [0.717, 1.165) is 27.8 Å². The molecular formula is C26H23F2N5O2. The van der Waals surface area contributed by atoms with Gasteiger partial charge in [0.2, 0.25) is 5.91 Å². The zero-order chi connectivity index (χ0) is 24.7. The first-order chi connectivity index (χ1) is 16.7. The Morgan fingerprint density at radius 1 is 1.09 bits per heavy atom. The number of pyridine rings is 1. The van der Waals surface area contributed by atoms with Gasteiger partial charge in [-0.1, -0.05) is 30.3 Å². The molecule has 35 heavy (non-hydrogen) atoms. The van der Waals surface area contributed by atoms with Crippen molar-refractivity contribution in [1.82, 2.24) is 20.1 Å². The first-order valence-corrected chi connectivity index (χ1v) is 11.2. The lowest BCUT2D eigenvalue weighted by atomic mass is 9.99. The number of fused-ring (bicyclic) bond motifs is 1. The van der Waals surface area contributed by atoms with Crippen LogP contribution in [0.15, 0.2) is 73.1 Å². The summed E-state index contributed by atoms with van der Waals surface area (Å²) in [5.41, 5.74) is 3.91. The van der Waals surface area contributed by atoms with E-state index in [1.54, 1.807) is 28.0 Å². The Hall–Kier alpha value is -4.14. The second-order valence-electron chi connectivity index (χ2n) is 8.75. The molecule has 1 saturated heterocycles. The van der Waals surface area contributed by atoms with E-state index < -0.39 is 23.9 Å². The second-order valence-corrected chi connectivity index (χ2v) is 8.75.